The van der Waals surface area contributed by atoms with Crippen LogP contribution in [0.3, 0.4) is 0 Å². The number of alkyl halides is 3. The predicted octanol–water partition coefficient (Wildman–Crippen LogP) is 8.78. The standard InChI is InChI=1S/C13H9F3O.C10H15.2ClH.Ti/c14-13(15,16)10-7-5-9(6-8-10)11-3-1-2-4-12(11)17;1-7-6-10(4,5)9(3)8(7)2;;;/h1-8,17H;1-5H3;2*1H;/q;;;;+3/p-3. The van der Waals surface area contributed by atoms with Gasteiger partial charge in [0.25, 0.3) is 0 Å². The van der Waals surface area contributed by atoms with Crippen LogP contribution in [0.25, 0.3) is 11.1 Å². The number of hydrogen-bond donors (Lipinski definition) is 0. The van der Waals surface area contributed by atoms with Gasteiger partial charge in [0.05, 0.1) is 0 Å². The van der Waals surface area contributed by atoms with Gasteiger partial charge in [-0.1, -0.05) is 0 Å². The molecule has 7 heteroatoms. The summed E-state index contributed by atoms with van der Waals surface area (Å²) in [6, 6.07) is 12.1. The van der Waals surface area contributed by atoms with Crippen LogP contribution in [0.2, 0.25) is 0 Å². The van der Waals surface area contributed by atoms with Gasteiger partial charge >= 0.3 is 188 Å². The summed E-state index contributed by atoms with van der Waals surface area (Å²) in [5.41, 5.74) is 3.70. The van der Waals surface area contributed by atoms with Crippen molar-refractivity contribution in [2.45, 2.75) is 40.8 Å². The van der Waals surface area contributed by atoms with Crippen LogP contribution in [-0.4, -0.2) is 0 Å². The van der Waals surface area contributed by atoms with E-state index in [0.717, 1.165) is 21.6 Å². The van der Waals surface area contributed by atoms with Gasteiger partial charge in [0.2, 0.25) is 0 Å². The Morgan fingerprint density at radius 2 is 1.43 bits per heavy atom. The van der Waals surface area contributed by atoms with Gasteiger partial charge < -0.3 is 0 Å². The van der Waals surface area contributed by atoms with Crippen molar-refractivity contribution in [3.8, 4) is 16.9 Å². The van der Waals surface area contributed by atoms with E-state index in [4.69, 9.17) is 21.9 Å². The third kappa shape index (κ3) is 4.25. The molecular formula is C23H23Cl2F3OTi. The Balaban J connectivity index is 2.00. The minimum absolute atomic E-state index is 0.305. The van der Waals surface area contributed by atoms with Gasteiger partial charge in [-0.2, -0.15) is 0 Å². The Hall–Kier alpha value is -1.20. The Morgan fingerprint density at radius 1 is 0.867 bits per heavy atom. The topological polar surface area (TPSA) is 9.23 Å². The summed E-state index contributed by atoms with van der Waals surface area (Å²) in [5, 5.41) is 0. The van der Waals surface area contributed by atoms with Crippen LogP contribution in [0, 0.1) is 5.41 Å². The zero-order valence-electron chi connectivity index (χ0n) is 17.4. The third-order valence-electron chi connectivity index (χ3n) is 6.00. The molecule has 1 aliphatic carbocycles. The van der Waals surface area contributed by atoms with Crippen molar-refractivity contribution in [1.82, 2.24) is 0 Å². The van der Waals surface area contributed by atoms with Crippen molar-refractivity contribution in [2.24, 2.45) is 5.41 Å². The SMILES string of the molecule is CC1=C(C)C(C)(C)[C]([Ti]([Cl])([Cl])[O]c2ccccc2-c2ccc(C(F)(F)F)cc2)=C1C. The zero-order chi connectivity index (χ0) is 22.5. The van der Waals surface area contributed by atoms with Crippen LogP contribution in [0.1, 0.15) is 40.2 Å². The van der Waals surface area contributed by atoms with Crippen molar-refractivity contribution in [1.29, 1.82) is 0 Å². The summed E-state index contributed by atoms with van der Waals surface area (Å²) in [6.45, 7) is 10.3. The molecule has 0 atom stereocenters. The number of hydrogen-bond acceptors (Lipinski definition) is 1. The molecule has 0 spiro atoms. The van der Waals surface area contributed by atoms with Gasteiger partial charge in [-0.05, 0) is 0 Å². The Bertz CT molecular complexity index is 1040. The van der Waals surface area contributed by atoms with Crippen LogP contribution < -0.4 is 3.32 Å². The van der Waals surface area contributed by atoms with E-state index in [-0.39, 0.29) is 5.41 Å². The second kappa shape index (κ2) is 8.05. The predicted molar refractivity (Wildman–Crippen MR) is 114 cm³/mol. The monoisotopic (exact) mass is 490 g/mol. The zero-order valence-corrected chi connectivity index (χ0v) is 20.5. The first kappa shape index (κ1) is 23.5. The third-order valence-corrected chi connectivity index (χ3v) is 11.4. The van der Waals surface area contributed by atoms with Gasteiger partial charge in [0.1, 0.15) is 0 Å². The molecule has 0 heterocycles. The number of halogens is 5. The molecule has 0 radical (unpaired) electrons. The summed E-state index contributed by atoms with van der Waals surface area (Å²) in [7, 11) is 13.9. The molecule has 0 aliphatic heterocycles. The Kier molecular flexibility index (Phi) is 6.30. The molecule has 0 fully saturated rings. The normalized spacial score (nSPS) is 17.0. The van der Waals surface area contributed by atoms with Gasteiger partial charge in [-0.15, -0.1) is 0 Å². The molecule has 160 valence electrons. The van der Waals surface area contributed by atoms with Crippen LogP contribution in [0.5, 0.6) is 5.75 Å². The molecule has 1 nitrogen and oxygen atoms in total. The maximum atomic E-state index is 12.9. The first-order valence-electron chi connectivity index (χ1n) is 9.50. The molecule has 0 unspecified atom stereocenters. The Morgan fingerprint density at radius 3 is 1.93 bits per heavy atom. The van der Waals surface area contributed by atoms with E-state index in [9.17, 15) is 13.2 Å². The van der Waals surface area contributed by atoms with Gasteiger partial charge in [-0.25, -0.2) is 0 Å². The van der Waals surface area contributed by atoms with E-state index >= 15 is 0 Å². The number of para-hydroxylation sites is 1. The summed E-state index contributed by atoms with van der Waals surface area (Å²) in [5.74, 6) is 0.473. The van der Waals surface area contributed by atoms with Crippen molar-refractivity contribution in [3.63, 3.8) is 0 Å². The fourth-order valence-electron chi connectivity index (χ4n) is 4.00. The molecule has 1 aliphatic rings. The number of benzene rings is 2. The molecule has 0 bridgehead atoms. The average molecular weight is 491 g/mol. The van der Waals surface area contributed by atoms with Crippen molar-refractivity contribution < 1.29 is 31.3 Å². The summed E-state index contributed by atoms with van der Waals surface area (Å²) >= 11 is -4.01. The average Bonchev–Trinajstić information content (AvgIpc) is 2.81. The van der Waals surface area contributed by atoms with E-state index in [1.807, 2.05) is 6.92 Å². The molecule has 0 saturated heterocycles. The number of rotatable bonds is 4. The van der Waals surface area contributed by atoms with E-state index in [1.54, 1.807) is 24.3 Å². The number of allylic oxidation sites excluding steroid dienone is 4. The van der Waals surface area contributed by atoms with Crippen molar-refractivity contribution in [3.05, 3.63) is 74.7 Å². The van der Waals surface area contributed by atoms with E-state index in [1.165, 1.54) is 23.3 Å². The van der Waals surface area contributed by atoms with Crippen LogP contribution in [0.15, 0.2) is 69.1 Å². The molecule has 0 saturated carbocycles. The maximum absolute atomic E-state index is 12.9. The summed E-state index contributed by atoms with van der Waals surface area (Å²) in [6.07, 6.45) is -4.38. The van der Waals surface area contributed by atoms with Crippen molar-refractivity contribution in [2.75, 3.05) is 0 Å². The van der Waals surface area contributed by atoms with Gasteiger partial charge in [-0.3, -0.25) is 0 Å². The van der Waals surface area contributed by atoms with Gasteiger partial charge in [0, 0.05) is 0 Å². The van der Waals surface area contributed by atoms with E-state index in [2.05, 4.69) is 27.7 Å². The van der Waals surface area contributed by atoms with Crippen LogP contribution in [-0.2, 0) is 21.0 Å². The molecule has 0 amide bonds. The van der Waals surface area contributed by atoms with E-state index < -0.39 is 26.6 Å². The Labute approximate surface area is 187 Å². The molecule has 2 aromatic carbocycles. The summed E-state index contributed by atoms with van der Waals surface area (Å²) < 4.78 is 46.0. The first-order chi connectivity index (χ1) is 13.8. The van der Waals surface area contributed by atoms with Gasteiger partial charge in [0.15, 0.2) is 0 Å². The van der Waals surface area contributed by atoms with E-state index in [0.29, 0.717) is 16.9 Å². The first-order valence-corrected chi connectivity index (χ1v) is 15.2. The fraction of sp³-hybridized carbons (Fsp3) is 0.304. The minimum atomic E-state index is -4.38. The second-order valence-corrected chi connectivity index (χ2v) is 16.0. The molecule has 0 aromatic heterocycles. The molecule has 30 heavy (non-hydrogen) atoms. The molecule has 3 rings (SSSR count). The fourth-order valence-corrected chi connectivity index (χ4v) is 11.1. The van der Waals surface area contributed by atoms with Crippen LogP contribution in [0.4, 0.5) is 13.2 Å². The quantitative estimate of drug-likeness (QED) is 0.389. The molecule has 2 aromatic rings. The summed E-state index contributed by atoms with van der Waals surface area (Å²) in [4.78, 5) is 0. The molecular weight excluding hydrogens is 468 g/mol. The molecule has 0 N–H and O–H groups in total. The van der Waals surface area contributed by atoms with Crippen LogP contribution >= 0.6 is 18.6 Å². The second-order valence-electron chi connectivity index (χ2n) is 8.07. The van der Waals surface area contributed by atoms with Crippen molar-refractivity contribution >= 4 is 18.6 Å².